The highest BCUT2D eigenvalue weighted by atomic mass is 32.2. The molecule has 0 radical (unpaired) electrons. The van der Waals surface area contributed by atoms with E-state index in [1.54, 1.807) is 30.3 Å². The minimum absolute atomic E-state index is 0.0874. The number of hydrogen-bond donors (Lipinski definition) is 1. The Morgan fingerprint density at radius 1 is 0.963 bits per heavy atom. The summed E-state index contributed by atoms with van der Waals surface area (Å²) in [4.78, 5) is 12.1. The number of rotatable bonds is 11. The van der Waals surface area contributed by atoms with Gasteiger partial charge in [0.25, 0.3) is 0 Å². The van der Waals surface area contributed by atoms with Crippen LogP contribution in [0.1, 0.15) is 19.8 Å². The first-order chi connectivity index (χ1) is 13.0. The van der Waals surface area contributed by atoms with Crippen molar-refractivity contribution in [2.75, 3.05) is 25.5 Å². The van der Waals surface area contributed by atoms with Crippen LogP contribution in [0.2, 0.25) is 0 Å². The Labute approximate surface area is 160 Å². The molecular formula is C20H25NO5S. The molecule has 2 aromatic rings. The van der Waals surface area contributed by atoms with Crippen LogP contribution >= 0.6 is 0 Å². The van der Waals surface area contributed by atoms with Gasteiger partial charge in [0, 0.05) is 13.0 Å². The van der Waals surface area contributed by atoms with E-state index in [1.807, 2.05) is 31.2 Å². The summed E-state index contributed by atoms with van der Waals surface area (Å²) in [5, 5.41) is 2.64. The Bertz CT molecular complexity index is 821. The second kappa shape index (κ2) is 10.6. The number of sulfone groups is 1. The third kappa shape index (κ3) is 6.94. The molecule has 0 atom stereocenters. The van der Waals surface area contributed by atoms with E-state index in [2.05, 4.69) is 5.32 Å². The molecule has 6 nitrogen and oxygen atoms in total. The van der Waals surface area contributed by atoms with Crippen molar-refractivity contribution < 1.29 is 22.7 Å². The van der Waals surface area contributed by atoms with E-state index in [9.17, 15) is 13.2 Å². The number of para-hydroxylation sites is 2. The molecule has 0 unspecified atom stereocenters. The number of hydrogen-bond acceptors (Lipinski definition) is 5. The second-order valence-corrected chi connectivity index (χ2v) is 7.92. The molecular weight excluding hydrogens is 366 g/mol. The molecule has 2 rings (SSSR count). The molecule has 0 bridgehead atoms. The monoisotopic (exact) mass is 391 g/mol. The van der Waals surface area contributed by atoms with E-state index in [0.717, 1.165) is 0 Å². The number of benzene rings is 2. The molecule has 0 saturated carbocycles. The van der Waals surface area contributed by atoms with Crippen molar-refractivity contribution in [1.82, 2.24) is 5.32 Å². The number of ether oxygens (including phenoxy) is 2. The fourth-order valence-corrected chi connectivity index (χ4v) is 3.60. The third-order valence-electron chi connectivity index (χ3n) is 3.75. The Hall–Kier alpha value is -2.54. The molecule has 7 heteroatoms. The van der Waals surface area contributed by atoms with Crippen molar-refractivity contribution in [1.29, 1.82) is 0 Å². The van der Waals surface area contributed by atoms with Gasteiger partial charge in [0.05, 0.1) is 23.9 Å². The smallest absolute Gasteiger partial charge is 0.220 e. The molecule has 0 aliphatic carbocycles. The standard InChI is InChI=1S/C20H25NO5S/c1-2-25-18-11-6-7-12-19(18)26-15-8-13-20(22)21-14-16-27(23,24)17-9-4-3-5-10-17/h3-7,9-12H,2,8,13-16H2,1H3,(H,21,22). The van der Waals surface area contributed by atoms with Crippen molar-refractivity contribution in [3.63, 3.8) is 0 Å². The zero-order valence-electron chi connectivity index (χ0n) is 15.4. The van der Waals surface area contributed by atoms with Crippen LogP contribution < -0.4 is 14.8 Å². The normalized spacial score (nSPS) is 11.0. The van der Waals surface area contributed by atoms with Crippen LogP contribution in [0, 0.1) is 0 Å². The third-order valence-corrected chi connectivity index (χ3v) is 5.48. The summed E-state index contributed by atoms with van der Waals surface area (Å²) in [6.07, 6.45) is 0.792. The van der Waals surface area contributed by atoms with Crippen LogP contribution in [0.3, 0.4) is 0 Å². The molecule has 0 saturated heterocycles. The van der Waals surface area contributed by atoms with Crippen molar-refractivity contribution >= 4 is 15.7 Å². The quantitative estimate of drug-likeness (QED) is 0.596. The largest absolute Gasteiger partial charge is 0.490 e. The molecule has 0 aliphatic heterocycles. The SMILES string of the molecule is CCOc1ccccc1OCCCC(=O)NCCS(=O)(=O)c1ccccc1. The predicted octanol–water partition coefficient (Wildman–Crippen LogP) is 2.83. The van der Waals surface area contributed by atoms with Crippen LogP contribution in [-0.4, -0.2) is 39.8 Å². The van der Waals surface area contributed by atoms with Crippen LogP contribution in [0.4, 0.5) is 0 Å². The molecule has 2 aromatic carbocycles. The minimum atomic E-state index is -3.38. The predicted molar refractivity (Wildman–Crippen MR) is 104 cm³/mol. The maximum Gasteiger partial charge on any atom is 0.220 e. The fraction of sp³-hybridized carbons (Fsp3) is 0.350. The Morgan fingerprint density at radius 3 is 2.26 bits per heavy atom. The molecule has 0 spiro atoms. The van der Waals surface area contributed by atoms with Gasteiger partial charge in [-0.2, -0.15) is 0 Å². The summed E-state index contributed by atoms with van der Waals surface area (Å²) in [5.41, 5.74) is 0. The molecule has 0 heterocycles. The first kappa shape index (κ1) is 20.8. The van der Waals surface area contributed by atoms with Crippen LogP contribution in [-0.2, 0) is 14.6 Å². The van der Waals surface area contributed by atoms with Crippen molar-refractivity contribution in [2.45, 2.75) is 24.7 Å². The lowest BCUT2D eigenvalue weighted by Crippen LogP contribution is -2.29. The summed E-state index contributed by atoms with van der Waals surface area (Å²) in [5.74, 6) is 1.00. The molecule has 0 aromatic heterocycles. The molecule has 1 amide bonds. The highest BCUT2D eigenvalue weighted by molar-refractivity contribution is 7.91. The number of carbonyl (C=O) groups is 1. The number of amides is 1. The summed E-state index contributed by atoms with van der Waals surface area (Å²) in [6.45, 7) is 2.91. The summed E-state index contributed by atoms with van der Waals surface area (Å²) < 4.78 is 35.4. The van der Waals surface area contributed by atoms with Gasteiger partial charge in [-0.05, 0) is 37.6 Å². The number of carbonyl (C=O) groups excluding carboxylic acids is 1. The van der Waals surface area contributed by atoms with E-state index >= 15 is 0 Å². The Balaban J connectivity index is 1.67. The van der Waals surface area contributed by atoms with Gasteiger partial charge in [0.15, 0.2) is 21.3 Å². The van der Waals surface area contributed by atoms with Crippen LogP contribution in [0.5, 0.6) is 11.5 Å². The Morgan fingerprint density at radius 2 is 1.59 bits per heavy atom. The molecule has 146 valence electrons. The zero-order chi connectivity index (χ0) is 19.5. The number of nitrogens with one attached hydrogen (secondary N) is 1. The van der Waals surface area contributed by atoms with Crippen LogP contribution in [0.15, 0.2) is 59.5 Å². The molecule has 0 fully saturated rings. The van der Waals surface area contributed by atoms with E-state index in [4.69, 9.17) is 9.47 Å². The average Bonchev–Trinajstić information content (AvgIpc) is 2.67. The van der Waals surface area contributed by atoms with Gasteiger partial charge in [-0.3, -0.25) is 4.79 Å². The van der Waals surface area contributed by atoms with E-state index in [-0.39, 0.29) is 29.5 Å². The van der Waals surface area contributed by atoms with Crippen molar-refractivity contribution in [3.05, 3.63) is 54.6 Å². The van der Waals surface area contributed by atoms with E-state index < -0.39 is 9.84 Å². The summed E-state index contributed by atoms with van der Waals surface area (Å²) in [7, 11) is -3.38. The molecule has 1 N–H and O–H groups in total. The molecule has 27 heavy (non-hydrogen) atoms. The van der Waals surface area contributed by atoms with Gasteiger partial charge in [-0.25, -0.2) is 8.42 Å². The maximum absolute atomic E-state index is 12.1. The second-order valence-electron chi connectivity index (χ2n) is 5.81. The minimum Gasteiger partial charge on any atom is -0.490 e. The van der Waals surface area contributed by atoms with Gasteiger partial charge in [-0.1, -0.05) is 30.3 Å². The lowest BCUT2D eigenvalue weighted by atomic mass is 10.3. The highest BCUT2D eigenvalue weighted by Gasteiger charge is 2.14. The Kier molecular flexibility index (Phi) is 8.13. The highest BCUT2D eigenvalue weighted by Crippen LogP contribution is 2.26. The average molecular weight is 391 g/mol. The summed E-state index contributed by atoms with van der Waals surface area (Å²) >= 11 is 0. The van der Waals surface area contributed by atoms with Crippen molar-refractivity contribution in [2.24, 2.45) is 0 Å². The fourth-order valence-electron chi connectivity index (χ4n) is 2.42. The van der Waals surface area contributed by atoms with Gasteiger partial charge in [0.2, 0.25) is 5.91 Å². The zero-order valence-corrected chi connectivity index (χ0v) is 16.2. The summed E-state index contributed by atoms with van der Waals surface area (Å²) in [6, 6.07) is 15.6. The van der Waals surface area contributed by atoms with Crippen molar-refractivity contribution in [3.8, 4) is 11.5 Å². The van der Waals surface area contributed by atoms with Gasteiger partial charge >= 0.3 is 0 Å². The first-order valence-corrected chi connectivity index (χ1v) is 10.6. The van der Waals surface area contributed by atoms with E-state index in [1.165, 1.54) is 0 Å². The van der Waals surface area contributed by atoms with Gasteiger partial charge in [-0.15, -0.1) is 0 Å². The van der Waals surface area contributed by atoms with Gasteiger partial charge < -0.3 is 14.8 Å². The maximum atomic E-state index is 12.1. The topological polar surface area (TPSA) is 81.7 Å². The van der Waals surface area contributed by atoms with Crippen LogP contribution in [0.25, 0.3) is 0 Å². The molecule has 0 aliphatic rings. The first-order valence-electron chi connectivity index (χ1n) is 8.92. The lowest BCUT2D eigenvalue weighted by molar-refractivity contribution is -0.121. The lowest BCUT2D eigenvalue weighted by Gasteiger charge is -2.11. The van der Waals surface area contributed by atoms with Gasteiger partial charge in [0.1, 0.15) is 0 Å². The van der Waals surface area contributed by atoms with E-state index in [0.29, 0.717) is 31.1 Å².